The first kappa shape index (κ1) is 27.2. The highest BCUT2D eigenvalue weighted by Gasteiger charge is 2.32. The van der Waals surface area contributed by atoms with E-state index in [1.54, 1.807) is 4.90 Å². The fraction of sp³-hybridized carbons (Fsp3) is 0.714. The Hall–Kier alpha value is -2.44. The lowest BCUT2D eigenvalue weighted by Crippen LogP contribution is -2.38. The highest BCUT2D eigenvalue weighted by atomic mass is 16.6. The minimum Gasteiger partial charge on any atom is -0.444 e. The summed E-state index contributed by atoms with van der Waals surface area (Å²) in [6.45, 7) is 17.7. The number of anilines is 2. The molecule has 1 aromatic rings. The summed E-state index contributed by atoms with van der Waals surface area (Å²) in [7, 11) is 2.03. The molecule has 2 aliphatic rings. The number of fused-ring (bicyclic) bond motifs is 1. The zero-order valence-corrected chi connectivity index (χ0v) is 23.2. The van der Waals surface area contributed by atoms with Gasteiger partial charge in [-0.25, -0.2) is 9.59 Å². The number of rotatable bonds is 2. The molecule has 0 unspecified atom stereocenters. The van der Waals surface area contributed by atoms with E-state index >= 15 is 0 Å². The normalized spacial score (nSPS) is 19.0. The summed E-state index contributed by atoms with van der Waals surface area (Å²) < 4.78 is 11.2. The second-order valence-corrected chi connectivity index (χ2v) is 13.0. The first-order chi connectivity index (χ1) is 16.0. The Morgan fingerprint density at radius 2 is 1.57 bits per heavy atom. The van der Waals surface area contributed by atoms with Crippen LogP contribution in [-0.2, 0) is 16.0 Å². The molecule has 7 nitrogen and oxygen atoms in total. The minimum atomic E-state index is -0.574. The van der Waals surface area contributed by atoms with Crippen LogP contribution in [0.5, 0.6) is 0 Å². The third-order valence-corrected chi connectivity index (χ3v) is 6.79. The van der Waals surface area contributed by atoms with Crippen molar-refractivity contribution >= 4 is 23.6 Å². The maximum absolute atomic E-state index is 12.9. The lowest BCUT2D eigenvalue weighted by atomic mass is 9.71. The van der Waals surface area contributed by atoms with Gasteiger partial charge in [0.15, 0.2) is 0 Å². The van der Waals surface area contributed by atoms with E-state index in [2.05, 4.69) is 36.2 Å². The third-order valence-electron chi connectivity index (χ3n) is 6.79. The van der Waals surface area contributed by atoms with Gasteiger partial charge in [-0.05, 0) is 102 Å². The standard InChI is InChI=1S/C28H45N3O4/c1-26(2,3)34-24(32)29-22-17-23-20(16-21(22)19-10-12-28(7,8)13-11-19)18-31(15-14-30(23)9)25(33)35-27(4,5)6/h16-17,19H,10-15,18H2,1-9H3,(H,29,32). The number of ether oxygens (including phenoxy) is 2. The number of nitrogens with zero attached hydrogens (tertiary/aromatic N) is 2. The van der Waals surface area contributed by atoms with Crippen molar-refractivity contribution in [2.75, 3.05) is 30.4 Å². The van der Waals surface area contributed by atoms with Crippen LogP contribution in [0.3, 0.4) is 0 Å². The molecule has 1 N–H and O–H groups in total. The van der Waals surface area contributed by atoms with Crippen molar-refractivity contribution in [3.05, 3.63) is 23.3 Å². The Morgan fingerprint density at radius 1 is 0.971 bits per heavy atom. The van der Waals surface area contributed by atoms with Gasteiger partial charge in [0.25, 0.3) is 0 Å². The van der Waals surface area contributed by atoms with Crippen LogP contribution >= 0.6 is 0 Å². The summed E-state index contributed by atoms with van der Waals surface area (Å²) in [6.07, 6.45) is 3.69. The summed E-state index contributed by atoms with van der Waals surface area (Å²) >= 11 is 0. The summed E-state index contributed by atoms with van der Waals surface area (Å²) in [5, 5.41) is 3.05. The van der Waals surface area contributed by atoms with Crippen molar-refractivity contribution in [1.29, 1.82) is 0 Å². The molecule has 0 radical (unpaired) electrons. The Kier molecular flexibility index (Phi) is 7.68. The van der Waals surface area contributed by atoms with E-state index < -0.39 is 17.3 Å². The third kappa shape index (κ3) is 7.52. The molecular formula is C28H45N3O4. The molecule has 2 amide bonds. The Labute approximate surface area is 211 Å². The molecule has 1 aliphatic carbocycles. The van der Waals surface area contributed by atoms with Crippen LogP contribution in [0.1, 0.15) is 98.1 Å². The molecule has 1 aliphatic heterocycles. The summed E-state index contributed by atoms with van der Waals surface area (Å²) in [4.78, 5) is 29.6. The quantitative estimate of drug-likeness (QED) is 0.491. The van der Waals surface area contributed by atoms with Crippen molar-refractivity contribution in [3.63, 3.8) is 0 Å². The molecule has 0 spiro atoms. The Balaban J connectivity index is 1.97. The molecule has 7 heteroatoms. The number of nitrogens with one attached hydrogen (secondary N) is 1. The van der Waals surface area contributed by atoms with Gasteiger partial charge in [0.1, 0.15) is 11.2 Å². The maximum atomic E-state index is 12.9. The average molecular weight is 488 g/mol. The van der Waals surface area contributed by atoms with E-state index in [-0.39, 0.29) is 6.09 Å². The highest BCUT2D eigenvalue weighted by Crippen LogP contribution is 2.46. The minimum absolute atomic E-state index is 0.296. The van der Waals surface area contributed by atoms with Crippen molar-refractivity contribution < 1.29 is 19.1 Å². The van der Waals surface area contributed by atoms with Crippen molar-refractivity contribution in [2.45, 2.75) is 105 Å². The Morgan fingerprint density at radius 3 is 2.14 bits per heavy atom. The molecule has 35 heavy (non-hydrogen) atoms. The molecule has 0 saturated heterocycles. The van der Waals surface area contributed by atoms with E-state index in [0.717, 1.165) is 48.2 Å². The van der Waals surface area contributed by atoms with E-state index in [9.17, 15) is 9.59 Å². The highest BCUT2D eigenvalue weighted by molar-refractivity contribution is 5.88. The van der Waals surface area contributed by atoms with Gasteiger partial charge in [0.05, 0.1) is 6.54 Å². The molecule has 3 rings (SSSR count). The molecule has 1 fully saturated rings. The first-order valence-corrected chi connectivity index (χ1v) is 12.9. The van der Waals surface area contributed by atoms with E-state index in [1.165, 1.54) is 0 Å². The van der Waals surface area contributed by atoms with Gasteiger partial charge in [-0.15, -0.1) is 0 Å². The lowest BCUT2D eigenvalue weighted by Gasteiger charge is -2.36. The van der Waals surface area contributed by atoms with Gasteiger partial charge in [-0.2, -0.15) is 0 Å². The molecule has 0 bridgehead atoms. The fourth-order valence-corrected chi connectivity index (χ4v) is 4.86. The van der Waals surface area contributed by atoms with E-state index in [4.69, 9.17) is 9.47 Å². The van der Waals surface area contributed by atoms with Crippen LogP contribution < -0.4 is 10.2 Å². The summed E-state index contributed by atoms with van der Waals surface area (Å²) in [5.41, 5.74) is 3.25. The van der Waals surface area contributed by atoms with Gasteiger partial charge in [-0.1, -0.05) is 13.8 Å². The molecule has 196 valence electrons. The van der Waals surface area contributed by atoms with Gasteiger partial charge >= 0.3 is 12.2 Å². The summed E-state index contributed by atoms with van der Waals surface area (Å²) in [6, 6.07) is 4.26. The van der Waals surface area contributed by atoms with Crippen molar-refractivity contribution in [1.82, 2.24) is 4.90 Å². The van der Waals surface area contributed by atoms with Crippen LogP contribution in [0.4, 0.5) is 21.0 Å². The van der Waals surface area contributed by atoms with Gasteiger partial charge in [0.2, 0.25) is 0 Å². The molecular weight excluding hydrogens is 442 g/mol. The predicted molar refractivity (Wildman–Crippen MR) is 141 cm³/mol. The number of hydrogen-bond acceptors (Lipinski definition) is 5. The second-order valence-electron chi connectivity index (χ2n) is 13.0. The number of carbonyl (C=O) groups is 2. The van der Waals surface area contributed by atoms with Crippen molar-refractivity contribution in [3.8, 4) is 0 Å². The van der Waals surface area contributed by atoms with Crippen LogP contribution in [0, 0.1) is 5.41 Å². The molecule has 1 heterocycles. The molecule has 0 atom stereocenters. The largest absolute Gasteiger partial charge is 0.444 e. The topological polar surface area (TPSA) is 71.1 Å². The number of likely N-dealkylation sites (N-methyl/N-ethyl adjacent to an activating group) is 1. The predicted octanol–water partition coefficient (Wildman–Crippen LogP) is 6.90. The molecule has 0 aromatic heterocycles. The Bertz CT molecular complexity index is 933. The lowest BCUT2D eigenvalue weighted by molar-refractivity contribution is 0.0243. The van der Waals surface area contributed by atoms with Gasteiger partial charge < -0.3 is 19.3 Å². The zero-order valence-electron chi connectivity index (χ0n) is 23.2. The van der Waals surface area contributed by atoms with Crippen molar-refractivity contribution in [2.24, 2.45) is 5.41 Å². The number of amides is 2. The zero-order chi connectivity index (χ0) is 26.2. The van der Waals surface area contributed by atoms with Crippen LogP contribution in [0.25, 0.3) is 0 Å². The van der Waals surface area contributed by atoms with E-state index in [0.29, 0.717) is 31.0 Å². The maximum Gasteiger partial charge on any atom is 0.412 e. The first-order valence-electron chi connectivity index (χ1n) is 12.9. The second kappa shape index (κ2) is 9.90. The fourth-order valence-electron chi connectivity index (χ4n) is 4.86. The smallest absolute Gasteiger partial charge is 0.412 e. The van der Waals surface area contributed by atoms with Crippen LogP contribution in [-0.4, -0.2) is 48.4 Å². The average Bonchev–Trinajstić information content (AvgIpc) is 2.84. The molecule has 1 aromatic carbocycles. The molecule has 1 saturated carbocycles. The monoisotopic (exact) mass is 487 g/mol. The summed E-state index contributed by atoms with van der Waals surface area (Å²) in [5.74, 6) is 0.349. The number of carbonyl (C=O) groups excluding carboxylic acids is 2. The SMILES string of the molecule is CN1CCN(C(=O)OC(C)(C)C)Cc2cc(C3CCC(C)(C)CC3)c(NC(=O)OC(C)(C)C)cc21. The van der Waals surface area contributed by atoms with Gasteiger partial charge in [0, 0.05) is 31.5 Å². The van der Waals surface area contributed by atoms with E-state index in [1.807, 2.05) is 48.6 Å². The number of benzene rings is 1. The number of hydrogen-bond donors (Lipinski definition) is 1. The van der Waals surface area contributed by atoms with Gasteiger partial charge in [-0.3, -0.25) is 5.32 Å². The van der Waals surface area contributed by atoms with Crippen LogP contribution in [0.2, 0.25) is 0 Å². The van der Waals surface area contributed by atoms with Crippen LogP contribution in [0.15, 0.2) is 12.1 Å².